The van der Waals surface area contributed by atoms with E-state index in [0.717, 1.165) is 16.9 Å². The molecule has 0 aliphatic heterocycles. The van der Waals surface area contributed by atoms with E-state index >= 15 is 0 Å². The second-order valence-corrected chi connectivity index (χ2v) is 5.21. The van der Waals surface area contributed by atoms with E-state index in [9.17, 15) is 0 Å². The van der Waals surface area contributed by atoms with Crippen LogP contribution in [0.5, 0.6) is 11.5 Å². The van der Waals surface area contributed by atoms with Crippen LogP contribution in [-0.2, 0) is 0 Å². The van der Waals surface area contributed by atoms with Crippen molar-refractivity contribution < 1.29 is 4.74 Å². The molecule has 3 heteroatoms. The normalized spacial score (nSPS) is 10.6. The Balaban J connectivity index is 2.45. The number of rotatable bonds is 4. The largest absolute Gasteiger partial charge is 0.456 e. The fourth-order valence-corrected chi connectivity index (χ4v) is 2.11. The Bertz CT molecular complexity index is 633. The Morgan fingerprint density at radius 3 is 2.45 bits per heavy atom. The summed E-state index contributed by atoms with van der Waals surface area (Å²) in [5.74, 6) is 1.83. The highest BCUT2D eigenvalue weighted by Crippen LogP contribution is 2.32. The van der Waals surface area contributed by atoms with Gasteiger partial charge in [0, 0.05) is 0 Å². The first kappa shape index (κ1) is 14.1. The number of amidine groups is 1. The van der Waals surface area contributed by atoms with E-state index in [-0.39, 0.29) is 5.84 Å². The summed E-state index contributed by atoms with van der Waals surface area (Å²) in [7, 11) is 0. The Hall–Kier alpha value is -2.29. The second kappa shape index (κ2) is 5.78. The van der Waals surface area contributed by atoms with Gasteiger partial charge in [0.15, 0.2) is 0 Å². The van der Waals surface area contributed by atoms with Crippen molar-refractivity contribution in [2.75, 3.05) is 0 Å². The van der Waals surface area contributed by atoms with Crippen LogP contribution in [0.25, 0.3) is 0 Å². The Labute approximate surface area is 119 Å². The van der Waals surface area contributed by atoms with Crippen LogP contribution in [0.15, 0.2) is 42.5 Å². The first-order chi connectivity index (χ1) is 9.49. The molecule has 3 nitrogen and oxygen atoms in total. The molecule has 0 aliphatic carbocycles. The molecule has 0 amide bonds. The number of benzene rings is 2. The number of nitrogens with two attached hydrogens (primary N) is 1. The lowest BCUT2D eigenvalue weighted by Gasteiger charge is -2.16. The zero-order valence-corrected chi connectivity index (χ0v) is 12.1. The van der Waals surface area contributed by atoms with Gasteiger partial charge in [-0.3, -0.25) is 5.41 Å². The average molecular weight is 268 g/mol. The molecule has 0 saturated heterocycles. The maximum atomic E-state index is 7.65. The first-order valence-electron chi connectivity index (χ1n) is 6.71. The molecular formula is C17H20N2O. The fourth-order valence-electron chi connectivity index (χ4n) is 2.11. The third-order valence-corrected chi connectivity index (χ3v) is 3.19. The quantitative estimate of drug-likeness (QED) is 0.645. The van der Waals surface area contributed by atoms with Gasteiger partial charge in [-0.1, -0.05) is 38.1 Å². The summed E-state index contributed by atoms with van der Waals surface area (Å²) < 4.78 is 6.02. The van der Waals surface area contributed by atoms with Gasteiger partial charge in [-0.2, -0.15) is 0 Å². The lowest BCUT2D eigenvalue weighted by Crippen LogP contribution is -2.12. The predicted octanol–water partition coefficient (Wildman–Crippen LogP) is 4.19. The van der Waals surface area contributed by atoms with Crippen molar-refractivity contribution >= 4 is 5.84 Å². The number of nitrogens with one attached hydrogen (secondary N) is 1. The number of para-hydroxylation sites is 1. The van der Waals surface area contributed by atoms with Crippen LogP contribution in [0.1, 0.15) is 36.5 Å². The van der Waals surface area contributed by atoms with Crippen LogP contribution in [0.2, 0.25) is 0 Å². The Morgan fingerprint density at radius 1 is 1.10 bits per heavy atom. The van der Waals surface area contributed by atoms with E-state index in [2.05, 4.69) is 19.9 Å². The lowest BCUT2D eigenvalue weighted by molar-refractivity contribution is 0.471. The molecular weight excluding hydrogens is 248 g/mol. The molecule has 2 aromatic rings. The monoisotopic (exact) mass is 268 g/mol. The van der Waals surface area contributed by atoms with E-state index < -0.39 is 0 Å². The first-order valence-corrected chi connectivity index (χ1v) is 6.71. The van der Waals surface area contributed by atoms with Crippen molar-refractivity contribution in [3.63, 3.8) is 0 Å². The van der Waals surface area contributed by atoms with Gasteiger partial charge in [0.1, 0.15) is 17.3 Å². The van der Waals surface area contributed by atoms with E-state index in [1.165, 1.54) is 0 Å². The zero-order chi connectivity index (χ0) is 14.7. The molecule has 20 heavy (non-hydrogen) atoms. The summed E-state index contributed by atoms with van der Waals surface area (Å²) in [6, 6.07) is 13.6. The van der Waals surface area contributed by atoms with Gasteiger partial charge in [-0.05, 0) is 42.2 Å². The maximum Gasteiger partial charge on any atom is 0.138 e. The van der Waals surface area contributed by atoms with E-state index in [1.54, 1.807) is 0 Å². The predicted molar refractivity (Wildman–Crippen MR) is 82.8 cm³/mol. The van der Waals surface area contributed by atoms with Crippen molar-refractivity contribution in [1.29, 1.82) is 5.41 Å². The third-order valence-electron chi connectivity index (χ3n) is 3.19. The molecule has 3 N–H and O–H groups in total. The van der Waals surface area contributed by atoms with E-state index in [1.807, 2.05) is 43.3 Å². The lowest BCUT2D eigenvalue weighted by atomic mass is 10.0. The zero-order valence-electron chi connectivity index (χ0n) is 12.1. The van der Waals surface area contributed by atoms with Crippen LogP contribution in [0.4, 0.5) is 0 Å². The second-order valence-electron chi connectivity index (χ2n) is 5.21. The van der Waals surface area contributed by atoms with E-state index in [0.29, 0.717) is 17.2 Å². The molecule has 0 fully saturated rings. The van der Waals surface area contributed by atoms with Crippen molar-refractivity contribution in [2.45, 2.75) is 26.7 Å². The summed E-state index contributed by atoms with van der Waals surface area (Å²) in [5, 5.41) is 7.65. The van der Waals surface area contributed by atoms with Gasteiger partial charge >= 0.3 is 0 Å². The van der Waals surface area contributed by atoms with Crippen LogP contribution in [0, 0.1) is 12.3 Å². The van der Waals surface area contributed by atoms with Gasteiger partial charge in [-0.15, -0.1) is 0 Å². The summed E-state index contributed by atoms with van der Waals surface area (Å²) in [4.78, 5) is 0. The SMILES string of the molecule is Cc1ccc(C(=N)N)c(Oc2ccccc2C(C)C)c1. The number of aryl methyl sites for hydroxylation is 1. The third kappa shape index (κ3) is 2.99. The average Bonchev–Trinajstić information content (AvgIpc) is 2.38. The maximum absolute atomic E-state index is 7.65. The van der Waals surface area contributed by atoms with Gasteiger partial charge in [0.05, 0.1) is 5.56 Å². The molecule has 104 valence electrons. The van der Waals surface area contributed by atoms with Crippen molar-refractivity contribution in [3.8, 4) is 11.5 Å². The molecule has 2 aromatic carbocycles. The smallest absolute Gasteiger partial charge is 0.138 e. The number of nitrogen functional groups attached to an aromatic ring is 1. The van der Waals surface area contributed by atoms with Crippen LogP contribution >= 0.6 is 0 Å². The van der Waals surface area contributed by atoms with Crippen LogP contribution in [0.3, 0.4) is 0 Å². The molecule has 0 atom stereocenters. The van der Waals surface area contributed by atoms with Gasteiger partial charge < -0.3 is 10.5 Å². The van der Waals surface area contributed by atoms with Crippen LogP contribution in [-0.4, -0.2) is 5.84 Å². The minimum absolute atomic E-state index is 0.0158. The molecule has 2 rings (SSSR count). The summed E-state index contributed by atoms with van der Waals surface area (Å²) in [5.41, 5.74) is 8.46. The van der Waals surface area contributed by atoms with Crippen LogP contribution < -0.4 is 10.5 Å². The Kier molecular flexibility index (Phi) is 4.08. The summed E-state index contributed by atoms with van der Waals surface area (Å²) in [6.45, 7) is 6.25. The standard InChI is InChI=1S/C17H20N2O/c1-11(2)13-6-4-5-7-15(13)20-16-10-12(3)8-9-14(16)17(18)19/h4-11H,1-3H3,(H3,18,19). The summed E-state index contributed by atoms with van der Waals surface area (Å²) in [6.07, 6.45) is 0. The van der Waals surface area contributed by atoms with Gasteiger partial charge in [0.25, 0.3) is 0 Å². The number of ether oxygens (including phenoxy) is 1. The fraction of sp³-hybridized carbons (Fsp3) is 0.235. The molecule has 0 radical (unpaired) electrons. The highest BCUT2D eigenvalue weighted by Gasteiger charge is 2.12. The molecule has 0 saturated carbocycles. The molecule has 0 aromatic heterocycles. The number of hydrogen-bond donors (Lipinski definition) is 2. The highest BCUT2D eigenvalue weighted by molar-refractivity contribution is 5.97. The molecule has 0 bridgehead atoms. The van der Waals surface area contributed by atoms with Gasteiger partial charge in [-0.25, -0.2) is 0 Å². The van der Waals surface area contributed by atoms with Crippen molar-refractivity contribution in [2.24, 2.45) is 5.73 Å². The van der Waals surface area contributed by atoms with Gasteiger partial charge in [0.2, 0.25) is 0 Å². The number of hydrogen-bond acceptors (Lipinski definition) is 2. The topological polar surface area (TPSA) is 59.1 Å². The molecule has 0 heterocycles. The molecule has 0 aliphatic rings. The van der Waals surface area contributed by atoms with Crippen molar-refractivity contribution in [3.05, 3.63) is 59.2 Å². The van der Waals surface area contributed by atoms with Crippen molar-refractivity contribution in [1.82, 2.24) is 0 Å². The minimum atomic E-state index is 0.0158. The highest BCUT2D eigenvalue weighted by atomic mass is 16.5. The molecule has 0 spiro atoms. The Morgan fingerprint density at radius 2 is 1.80 bits per heavy atom. The van der Waals surface area contributed by atoms with E-state index in [4.69, 9.17) is 15.9 Å². The molecule has 0 unspecified atom stereocenters. The summed E-state index contributed by atoms with van der Waals surface area (Å²) >= 11 is 0. The minimum Gasteiger partial charge on any atom is -0.456 e.